The minimum atomic E-state index is -0.0625. The van der Waals surface area contributed by atoms with Crippen LogP contribution < -0.4 is 5.43 Å². The van der Waals surface area contributed by atoms with Crippen molar-refractivity contribution in [1.82, 2.24) is 5.43 Å². The number of nitrogens with one attached hydrogen (secondary N) is 1. The summed E-state index contributed by atoms with van der Waals surface area (Å²) in [6.45, 7) is 6.93. The van der Waals surface area contributed by atoms with Crippen LogP contribution in [0.2, 0.25) is 0 Å². The molecule has 0 spiro atoms. The molecule has 0 aromatic heterocycles. The lowest BCUT2D eigenvalue weighted by Gasteiger charge is -2.03. The molecule has 0 saturated heterocycles. The third-order valence-corrected chi connectivity index (χ3v) is 1.25. The maximum atomic E-state index is 10.7. The summed E-state index contributed by atoms with van der Waals surface area (Å²) in [5.74, 6) is -0.0250. The smallest absolute Gasteiger partial charge is 0.242 e. The van der Waals surface area contributed by atoms with Gasteiger partial charge in [0.25, 0.3) is 0 Å². The standard InChI is InChI=1S/C6H12N2O/c1-4-5(2)6(9)8-7-3/h5H,3-4H2,1-2H3,(H,8,9). The third kappa shape index (κ3) is 2.85. The molecule has 1 amide bonds. The summed E-state index contributed by atoms with van der Waals surface area (Å²) in [6.07, 6.45) is 0.835. The van der Waals surface area contributed by atoms with Gasteiger partial charge in [0, 0.05) is 12.6 Å². The Morgan fingerprint density at radius 1 is 1.89 bits per heavy atom. The van der Waals surface area contributed by atoms with Gasteiger partial charge < -0.3 is 0 Å². The number of carbonyl (C=O) groups excluding carboxylic acids is 1. The molecule has 0 radical (unpaired) electrons. The molecule has 0 aromatic carbocycles. The molecule has 52 valence electrons. The highest BCUT2D eigenvalue weighted by atomic mass is 16.2. The number of rotatable bonds is 3. The van der Waals surface area contributed by atoms with Crippen LogP contribution in [0, 0.1) is 5.92 Å². The molecule has 0 aliphatic carbocycles. The fraction of sp³-hybridized carbons (Fsp3) is 0.667. The monoisotopic (exact) mass is 128 g/mol. The van der Waals surface area contributed by atoms with Crippen molar-refractivity contribution in [3.05, 3.63) is 0 Å². The molecule has 0 heterocycles. The Bertz CT molecular complexity index is 112. The summed E-state index contributed by atoms with van der Waals surface area (Å²) >= 11 is 0. The summed E-state index contributed by atoms with van der Waals surface area (Å²) in [5.41, 5.74) is 2.27. The fourth-order valence-electron chi connectivity index (χ4n) is 0.374. The lowest BCUT2D eigenvalue weighted by Crippen LogP contribution is -2.23. The predicted molar refractivity (Wildman–Crippen MR) is 37.1 cm³/mol. The van der Waals surface area contributed by atoms with Gasteiger partial charge in [0.2, 0.25) is 5.91 Å². The molecule has 1 unspecified atom stereocenters. The number of hydrogen-bond donors (Lipinski definition) is 1. The van der Waals surface area contributed by atoms with Gasteiger partial charge in [0.05, 0.1) is 0 Å². The molecule has 0 fully saturated rings. The van der Waals surface area contributed by atoms with E-state index in [0.717, 1.165) is 6.42 Å². The second-order valence-electron chi connectivity index (χ2n) is 1.94. The molecule has 0 aromatic rings. The van der Waals surface area contributed by atoms with Crippen LogP contribution in [0.3, 0.4) is 0 Å². The molecular formula is C6H12N2O. The quantitative estimate of drug-likeness (QED) is 0.442. The highest BCUT2D eigenvalue weighted by molar-refractivity contribution is 5.78. The van der Waals surface area contributed by atoms with Crippen LogP contribution in [0.5, 0.6) is 0 Å². The number of carbonyl (C=O) groups is 1. The first-order valence-corrected chi connectivity index (χ1v) is 2.98. The fourth-order valence-corrected chi connectivity index (χ4v) is 0.374. The largest absolute Gasteiger partial charge is 0.273 e. The Balaban J connectivity index is 3.58. The summed E-state index contributed by atoms with van der Waals surface area (Å²) in [4.78, 5) is 10.7. The Labute approximate surface area is 55.1 Å². The van der Waals surface area contributed by atoms with E-state index in [1.807, 2.05) is 13.8 Å². The van der Waals surface area contributed by atoms with Crippen molar-refractivity contribution in [3.8, 4) is 0 Å². The summed E-state index contributed by atoms with van der Waals surface area (Å²) in [6, 6.07) is 0. The van der Waals surface area contributed by atoms with Gasteiger partial charge in [-0.25, -0.2) is 5.43 Å². The van der Waals surface area contributed by atoms with Crippen molar-refractivity contribution in [2.24, 2.45) is 11.0 Å². The summed E-state index contributed by atoms with van der Waals surface area (Å²) in [5, 5.41) is 3.26. The number of hydrazone groups is 1. The zero-order valence-corrected chi connectivity index (χ0v) is 5.85. The molecule has 0 aliphatic heterocycles. The third-order valence-electron chi connectivity index (χ3n) is 1.25. The van der Waals surface area contributed by atoms with Crippen LogP contribution in [0.15, 0.2) is 5.10 Å². The highest BCUT2D eigenvalue weighted by Crippen LogP contribution is 1.98. The van der Waals surface area contributed by atoms with Crippen LogP contribution >= 0.6 is 0 Å². The predicted octanol–water partition coefficient (Wildman–Crippen LogP) is 0.764. The number of nitrogens with zero attached hydrogens (tertiary/aromatic N) is 1. The van der Waals surface area contributed by atoms with Gasteiger partial charge in [-0.3, -0.25) is 4.79 Å². The molecule has 0 saturated carbocycles. The molecule has 3 heteroatoms. The van der Waals surface area contributed by atoms with Crippen LogP contribution in [0.1, 0.15) is 20.3 Å². The minimum absolute atomic E-state index is 0.0375. The number of hydrogen-bond acceptors (Lipinski definition) is 2. The molecule has 3 nitrogen and oxygen atoms in total. The first-order chi connectivity index (χ1) is 4.22. The molecule has 1 N–H and O–H groups in total. The summed E-state index contributed by atoms with van der Waals surface area (Å²) < 4.78 is 0. The van der Waals surface area contributed by atoms with E-state index in [1.54, 1.807) is 0 Å². The average Bonchev–Trinajstić information content (AvgIpc) is 1.87. The Morgan fingerprint density at radius 2 is 2.44 bits per heavy atom. The maximum absolute atomic E-state index is 10.7. The first kappa shape index (κ1) is 8.14. The molecular weight excluding hydrogens is 116 g/mol. The Morgan fingerprint density at radius 3 is 2.78 bits per heavy atom. The minimum Gasteiger partial charge on any atom is -0.273 e. The first-order valence-electron chi connectivity index (χ1n) is 2.98. The van der Waals surface area contributed by atoms with E-state index in [4.69, 9.17) is 0 Å². The molecule has 1 atom stereocenters. The Hall–Kier alpha value is -0.860. The molecule has 0 aliphatic rings. The molecule has 0 bridgehead atoms. The van der Waals surface area contributed by atoms with Crippen molar-refractivity contribution in [2.45, 2.75) is 20.3 Å². The van der Waals surface area contributed by atoms with Crippen LogP contribution in [0.25, 0.3) is 0 Å². The summed E-state index contributed by atoms with van der Waals surface area (Å²) in [7, 11) is 0. The van der Waals surface area contributed by atoms with Crippen LogP contribution in [0.4, 0.5) is 0 Å². The van der Waals surface area contributed by atoms with E-state index < -0.39 is 0 Å². The van der Waals surface area contributed by atoms with E-state index in [-0.39, 0.29) is 11.8 Å². The van der Waals surface area contributed by atoms with E-state index in [1.165, 1.54) is 0 Å². The zero-order chi connectivity index (χ0) is 7.28. The van der Waals surface area contributed by atoms with Gasteiger partial charge in [0.15, 0.2) is 0 Å². The van der Waals surface area contributed by atoms with E-state index in [2.05, 4.69) is 17.2 Å². The van der Waals surface area contributed by atoms with E-state index >= 15 is 0 Å². The van der Waals surface area contributed by atoms with E-state index in [9.17, 15) is 4.79 Å². The highest BCUT2D eigenvalue weighted by Gasteiger charge is 2.07. The van der Waals surface area contributed by atoms with Gasteiger partial charge in [-0.05, 0) is 6.42 Å². The normalized spacial score (nSPS) is 12.2. The van der Waals surface area contributed by atoms with Crippen molar-refractivity contribution in [2.75, 3.05) is 0 Å². The van der Waals surface area contributed by atoms with Crippen LogP contribution in [-0.2, 0) is 4.79 Å². The van der Waals surface area contributed by atoms with Gasteiger partial charge in [-0.15, -0.1) is 0 Å². The van der Waals surface area contributed by atoms with Crippen LogP contribution in [-0.4, -0.2) is 12.6 Å². The maximum Gasteiger partial charge on any atom is 0.242 e. The lowest BCUT2D eigenvalue weighted by atomic mass is 10.1. The SMILES string of the molecule is C=NNC(=O)C(C)CC. The Kier molecular flexibility index (Phi) is 3.67. The van der Waals surface area contributed by atoms with E-state index in [0.29, 0.717) is 0 Å². The van der Waals surface area contributed by atoms with Crippen molar-refractivity contribution in [3.63, 3.8) is 0 Å². The van der Waals surface area contributed by atoms with Crippen molar-refractivity contribution >= 4 is 12.6 Å². The van der Waals surface area contributed by atoms with Gasteiger partial charge in [-0.2, -0.15) is 5.10 Å². The second-order valence-corrected chi connectivity index (χ2v) is 1.94. The second kappa shape index (κ2) is 4.06. The topological polar surface area (TPSA) is 41.5 Å². The van der Waals surface area contributed by atoms with Crippen molar-refractivity contribution < 1.29 is 4.79 Å². The zero-order valence-electron chi connectivity index (χ0n) is 5.85. The van der Waals surface area contributed by atoms with Gasteiger partial charge >= 0.3 is 0 Å². The molecule has 9 heavy (non-hydrogen) atoms. The van der Waals surface area contributed by atoms with Gasteiger partial charge in [0.1, 0.15) is 0 Å². The van der Waals surface area contributed by atoms with Crippen molar-refractivity contribution in [1.29, 1.82) is 0 Å². The lowest BCUT2D eigenvalue weighted by molar-refractivity contribution is -0.124. The molecule has 0 rings (SSSR count). The number of amides is 1. The average molecular weight is 128 g/mol. The van der Waals surface area contributed by atoms with Gasteiger partial charge in [-0.1, -0.05) is 13.8 Å².